The molecule has 68 valence electrons. The van der Waals surface area contributed by atoms with Crippen molar-refractivity contribution in [3.05, 3.63) is 12.5 Å². The third-order valence-corrected chi connectivity index (χ3v) is 1.72. The normalized spacial score (nSPS) is 10.8. The average molecular weight is 179 g/mol. The molecule has 13 heavy (non-hydrogen) atoms. The van der Waals surface area contributed by atoms with Gasteiger partial charge in [-0.3, -0.25) is 0 Å². The number of nitrogen functional groups attached to an aromatic ring is 1. The molecule has 0 bridgehead atoms. The van der Waals surface area contributed by atoms with E-state index in [0.717, 1.165) is 0 Å². The summed E-state index contributed by atoms with van der Waals surface area (Å²) in [6, 6.07) is 0. The number of anilines is 1. The van der Waals surface area contributed by atoms with Crippen molar-refractivity contribution in [2.24, 2.45) is 0 Å². The molecule has 0 radical (unpaired) electrons. The Kier molecular flexibility index (Phi) is 1.82. The van der Waals surface area contributed by atoms with Gasteiger partial charge in [-0.15, -0.1) is 0 Å². The van der Waals surface area contributed by atoms with Gasteiger partial charge in [0.05, 0.1) is 19.1 Å². The van der Waals surface area contributed by atoms with Gasteiger partial charge < -0.3 is 15.4 Å². The molecule has 6 nitrogen and oxygen atoms in total. The molecule has 0 saturated carbocycles. The fourth-order valence-corrected chi connectivity index (χ4v) is 1.14. The molecule has 2 aromatic rings. The SMILES string of the molecule is Nc1ncc2ncn(CCO)c2n1. The predicted octanol–water partition coefficient (Wildman–Crippen LogP) is -0.599. The molecule has 0 atom stereocenters. The number of hydrogen-bond donors (Lipinski definition) is 2. The highest BCUT2D eigenvalue weighted by Gasteiger charge is 2.03. The van der Waals surface area contributed by atoms with Gasteiger partial charge >= 0.3 is 0 Å². The molecule has 0 amide bonds. The Morgan fingerprint density at radius 3 is 3.08 bits per heavy atom. The Hall–Kier alpha value is -1.69. The number of aliphatic hydroxyl groups excluding tert-OH is 1. The van der Waals surface area contributed by atoms with Crippen LogP contribution in [0.15, 0.2) is 12.5 Å². The topological polar surface area (TPSA) is 89.8 Å². The molecule has 0 fully saturated rings. The van der Waals surface area contributed by atoms with E-state index in [1.54, 1.807) is 17.1 Å². The summed E-state index contributed by atoms with van der Waals surface area (Å²) in [4.78, 5) is 11.9. The molecule has 0 aliphatic heterocycles. The van der Waals surface area contributed by atoms with Crippen molar-refractivity contribution < 1.29 is 5.11 Å². The maximum atomic E-state index is 8.74. The fraction of sp³-hybridized carbons (Fsp3) is 0.286. The molecule has 3 N–H and O–H groups in total. The minimum Gasteiger partial charge on any atom is -0.395 e. The number of aromatic nitrogens is 4. The van der Waals surface area contributed by atoms with Crippen molar-refractivity contribution in [1.29, 1.82) is 0 Å². The van der Waals surface area contributed by atoms with Gasteiger partial charge in [-0.1, -0.05) is 0 Å². The molecule has 0 aromatic carbocycles. The zero-order valence-corrected chi connectivity index (χ0v) is 6.88. The van der Waals surface area contributed by atoms with E-state index in [1.807, 2.05) is 0 Å². The lowest BCUT2D eigenvalue weighted by Crippen LogP contribution is -2.03. The number of aliphatic hydroxyl groups is 1. The summed E-state index contributed by atoms with van der Waals surface area (Å²) < 4.78 is 1.73. The third-order valence-electron chi connectivity index (χ3n) is 1.72. The van der Waals surface area contributed by atoms with Crippen molar-refractivity contribution in [1.82, 2.24) is 19.5 Å². The van der Waals surface area contributed by atoms with Gasteiger partial charge in [0.15, 0.2) is 5.65 Å². The van der Waals surface area contributed by atoms with Gasteiger partial charge in [-0.25, -0.2) is 9.97 Å². The van der Waals surface area contributed by atoms with Crippen LogP contribution in [0.25, 0.3) is 11.2 Å². The van der Waals surface area contributed by atoms with E-state index in [4.69, 9.17) is 10.8 Å². The van der Waals surface area contributed by atoms with Crippen LogP contribution in [0.5, 0.6) is 0 Å². The van der Waals surface area contributed by atoms with Crippen molar-refractivity contribution in [3.63, 3.8) is 0 Å². The Bertz CT molecular complexity index is 424. The van der Waals surface area contributed by atoms with Crippen molar-refractivity contribution in [2.75, 3.05) is 12.3 Å². The zero-order chi connectivity index (χ0) is 9.26. The molecular weight excluding hydrogens is 170 g/mol. The maximum Gasteiger partial charge on any atom is 0.222 e. The van der Waals surface area contributed by atoms with Gasteiger partial charge in [0.1, 0.15) is 5.52 Å². The predicted molar refractivity (Wildman–Crippen MR) is 46.8 cm³/mol. The van der Waals surface area contributed by atoms with Gasteiger partial charge in [-0.05, 0) is 0 Å². The van der Waals surface area contributed by atoms with Crippen LogP contribution in [0, 0.1) is 0 Å². The van der Waals surface area contributed by atoms with E-state index in [9.17, 15) is 0 Å². The Morgan fingerprint density at radius 2 is 2.31 bits per heavy atom. The van der Waals surface area contributed by atoms with Gasteiger partial charge in [0.2, 0.25) is 5.95 Å². The molecule has 0 unspecified atom stereocenters. The molecule has 2 heterocycles. The first-order valence-electron chi connectivity index (χ1n) is 3.85. The molecule has 0 spiro atoms. The third kappa shape index (κ3) is 1.31. The minimum atomic E-state index is 0.0510. The summed E-state index contributed by atoms with van der Waals surface area (Å²) in [6.07, 6.45) is 3.17. The first kappa shape index (κ1) is 7.93. The first-order chi connectivity index (χ1) is 6.31. The van der Waals surface area contributed by atoms with Crippen LogP contribution in [-0.2, 0) is 6.54 Å². The summed E-state index contributed by atoms with van der Waals surface area (Å²) in [5.41, 5.74) is 6.76. The Labute approximate surface area is 74.1 Å². The van der Waals surface area contributed by atoms with E-state index >= 15 is 0 Å². The number of rotatable bonds is 2. The highest BCUT2D eigenvalue weighted by Crippen LogP contribution is 2.08. The molecule has 2 rings (SSSR count). The molecular formula is C7H9N5O. The van der Waals surface area contributed by atoms with E-state index in [2.05, 4.69) is 15.0 Å². The van der Waals surface area contributed by atoms with Crippen LogP contribution in [0.1, 0.15) is 0 Å². The summed E-state index contributed by atoms with van der Waals surface area (Å²) in [7, 11) is 0. The monoisotopic (exact) mass is 179 g/mol. The number of fused-ring (bicyclic) bond motifs is 1. The smallest absolute Gasteiger partial charge is 0.222 e. The van der Waals surface area contributed by atoms with E-state index in [1.165, 1.54) is 0 Å². The maximum absolute atomic E-state index is 8.74. The second-order valence-electron chi connectivity index (χ2n) is 2.60. The Balaban J connectivity index is 2.58. The number of nitrogens with zero attached hydrogens (tertiary/aromatic N) is 4. The average Bonchev–Trinajstić information content (AvgIpc) is 2.49. The summed E-state index contributed by atoms with van der Waals surface area (Å²) in [5, 5.41) is 8.74. The van der Waals surface area contributed by atoms with Crippen LogP contribution in [0.4, 0.5) is 5.95 Å². The van der Waals surface area contributed by atoms with Crippen molar-refractivity contribution >= 4 is 17.1 Å². The fourth-order valence-electron chi connectivity index (χ4n) is 1.14. The van der Waals surface area contributed by atoms with Crippen LogP contribution in [0.3, 0.4) is 0 Å². The molecule has 0 aliphatic carbocycles. The van der Waals surface area contributed by atoms with Gasteiger partial charge in [0.25, 0.3) is 0 Å². The number of hydrogen-bond acceptors (Lipinski definition) is 5. The lowest BCUT2D eigenvalue weighted by Gasteiger charge is -1.99. The lowest BCUT2D eigenvalue weighted by atomic mass is 10.5. The minimum absolute atomic E-state index is 0.0510. The zero-order valence-electron chi connectivity index (χ0n) is 6.88. The van der Waals surface area contributed by atoms with Crippen molar-refractivity contribution in [2.45, 2.75) is 6.54 Å². The first-order valence-corrected chi connectivity index (χ1v) is 3.85. The molecule has 0 aliphatic rings. The standard InChI is InChI=1S/C7H9N5O/c8-7-9-3-5-6(11-7)12(1-2-13)4-10-5/h3-4,13H,1-2H2,(H2,8,9,11). The van der Waals surface area contributed by atoms with Crippen LogP contribution in [-0.4, -0.2) is 31.2 Å². The quantitative estimate of drug-likeness (QED) is 0.642. The molecule has 2 aromatic heterocycles. The molecule has 6 heteroatoms. The van der Waals surface area contributed by atoms with Crippen LogP contribution >= 0.6 is 0 Å². The Morgan fingerprint density at radius 1 is 1.46 bits per heavy atom. The second kappa shape index (κ2) is 2.98. The van der Waals surface area contributed by atoms with Gasteiger partial charge in [-0.2, -0.15) is 4.98 Å². The summed E-state index contributed by atoms with van der Waals surface area (Å²) in [6.45, 7) is 0.516. The number of imidazole rings is 1. The van der Waals surface area contributed by atoms with Crippen LogP contribution < -0.4 is 5.73 Å². The summed E-state index contributed by atoms with van der Waals surface area (Å²) in [5.74, 6) is 0.215. The van der Waals surface area contributed by atoms with E-state index < -0.39 is 0 Å². The lowest BCUT2D eigenvalue weighted by molar-refractivity contribution is 0.277. The van der Waals surface area contributed by atoms with Gasteiger partial charge in [0, 0.05) is 6.54 Å². The van der Waals surface area contributed by atoms with E-state index in [-0.39, 0.29) is 12.6 Å². The van der Waals surface area contributed by atoms with Crippen LogP contribution in [0.2, 0.25) is 0 Å². The summed E-state index contributed by atoms with van der Waals surface area (Å²) >= 11 is 0. The largest absolute Gasteiger partial charge is 0.395 e. The van der Waals surface area contributed by atoms with Crippen molar-refractivity contribution in [3.8, 4) is 0 Å². The molecule has 0 saturated heterocycles. The second-order valence-corrected chi connectivity index (χ2v) is 2.60. The highest BCUT2D eigenvalue weighted by atomic mass is 16.3. The highest BCUT2D eigenvalue weighted by molar-refractivity contribution is 5.70. The van der Waals surface area contributed by atoms with E-state index in [0.29, 0.717) is 17.7 Å². The number of nitrogens with two attached hydrogens (primary N) is 1.